The van der Waals surface area contributed by atoms with Crippen LogP contribution < -0.4 is 5.32 Å². The molecule has 0 aromatic heterocycles. The summed E-state index contributed by atoms with van der Waals surface area (Å²) in [7, 11) is 0. The molecule has 0 radical (unpaired) electrons. The van der Waals surface area contributed by atoms with E-state index in [0.717, 1.165) is 17.5 Å². The summed E-state index contributed by atoms with van der Waals surface area (Å²) in [6.07, 6.45) is 5.04. The van der Waals surface area contributed by atoms with E-state index in [9.17, 15) is 0 Å². The van der Waals surface area contributed by atoms with E-state index in [4.69, 9.17) is 11.6 Å². The van der Waals surface area contributed by atoms with Crippen molar-refractivity contribution in [2.75, 3.05) is 6.54 Å². The van der Waals surface area contributed by atoms with E-state index >= 15 is 0 Å². The summed E-state index contributed by atoms with van der Waals surface area (Å²) in [4.78, 5) is 0. The summed E-state index contributed by atoms with van der Waals surface area (Å²) >= 11 is 5.92. The molecule has 2 heteroatoms. The van der Waals surface area contributed by atoms with Gasteiger partial charge in [-0.15, -0.1) is 0 Å². The minimum Gasteiger partial charge on any atom is -0.314 e. The van der Waals surface area contributed by atoms with Crippen LogP contribution in [0.1, 0.15) is 24.8 Å². The Balaban J connectivity index is 1.85. The first-order chi connectivity index (χ1) is 6.84. The van der Waals surface area contributed by atoms with Crippen molar-refractivity contribution in [2.45, 2.75) is 31.7 Å². The molecule has 1 aliphatic heterocycles. The first-order valence-corrected chi connectivity index (χ1v) is 5.70. The lowest BCUT2D eigenvalue weighted by molar-refractivity contribution is 0.559. The van der Waals surface area contributed by atoms with Crippen molar-refractivity contribution in [2.24, 2.45) is 0 Å². The van der Waals surface area contributed by atoms with Crippen molar-refractivity contribution in [1.29, 1.82) is 0 Å². The summed E-state index contributed by atoms with van der Waals surface area (Å²) in [5, 5.41) is 4.36. The van der Waals surface area contributed by atoms with Gasteiger partial charge in [-0.3, -0.25) is 0 Å². The van der Waals surface area contributed by atoms with Crippen LogP contribution in [-0.4, -0.2) is 12.6 Å². The summed E-state index contributed by atoms with van der Waals surface area (Å²) in [6.45, 7) is 1.19. The number of hydrogen-bond donors (Lipinski definition) is 1. The summed E-state index contributed by atoms with van der Waals surface area (Å²) < 4.78 is 0. The van der Waals surface area contributed by atoms with Gasteiger partial charge in [0.1, 0.15) is 0 Å². The molecule has 1 nitrogen and oxygen atoms in total. The van der Waals surface area contributed by atoms with Gasteiger partial charge in [0.15, 0.2) is 0 Å². The van der Waals surface area contributed by atoms with Crippen molar-refractivity contribution in [3.05, 3.63) is 34.9 Å². The zero-order valence-corrected chi connectivity index (χ0v) is 9.06. The molecule has 0 saturated carbocycles. The van der Waals surface area contributed by atoms with E-state index in [1.54, 1.807) is 0 Å². The SMILES string of the molecule is Clc1cccc(CCC2CCCN2)c1. The topological polar surface area (TPSA) is 12.0 Å². The zero-order chi connectivity index (χ0) is 9.80. The van der Waals surface area contributed by atoms with E-state index in [2.05, 4.69) is 17.4 Å². The fourth-order valence-corrected chi connectivity index (χ4v) is 2.25. The molecule has 0 aliphatic carbocycles. The van der Waals surface area contributed by atoms with Crippen molar-refractivity contribution in [3.63, 3.8) is 0 Å². The predicted molar refractivity (Wildman–Crippen MR) is 60.8 cm³/mol. The highest BCUT2D eigenvalue weighted by Gasteiger charge is 2.13. The maximum absolute atomic E-state index is 5.92. The van der Waals surface area contributed by atoms with Gasteiger partial charge >= 0.3 is 0 Å². The number of rotatable bonds is 3. The molecule has 1 atom stereocenters. The molecule has 1 N–H and O–H groups in total. The van der Waals surface area contributed by atoms with Gasteiger partial charge in [-0.25, -0.2) is 0 Å². The van der Waals surface area contributed by atoms with Crippen LogP contribution >= 0.6 is 11.6 Å². The molecule has 0 amide bonds. The second-order valence-electron chi connectivity index (χ2n) is 3.96. The molecule has 1 aromatic rings. The van der Waals surface area contributed by atoms with Gasteiger partial charge in [-0.1, -0.05) is 23.7 Å². The number of nitrogens with one attached hydrogen (secondary N) is 1. The Morgan fingerprint density at radius 1 is 1.43 bits per heavy atom. The highest BCUT2D eigenvalue weighted by Crippen LogP contribution is 2.15. The normalized spacial score (nSPS) is 21.4. The summed E-state index contributed by atoms with van der Waals surface area (Å²) in [5.41, 5.74) is 1.35. The van der Waals surface area contributed by atoms with Crippen LogP contribution in [-0.2, 0) is 6.42 Å². The molecule has 14 heavy (non-hydrogen) atoms. The van der Waals surface area contributed by atoms with Crippen LogP contribution in [0.15, 0.2) is 24.3 Å². The summed E-state index contributed by atoms with van der Waals surface area (Å²) in [6, 6.07) is 8.91. The Morgan fingerprint density at radius 3 is 3.07 bits per heavy atom. The molecule has 1 unspecified atom stereocenters. The Labute approximate surface area is 90.5 Å². The molecule has 0 spiro atoms. The lowest BCUT2D eigenvalue weighted by Gasteiger charge is -2.09. The first kappa shape index (κ1) is 10.0. The van der Waals surface area contributed by atoms with E-state index in [0.29, 0.717) is 0 Å². The monoisotopic (exact) mass is 209 g/mol. The van der Waals surface area contributed by atoms with Crippen molar-refractivity contribution < 1.29 is 0 Å². The van der Waals surface area contributed by atoms with Crippen molar-refractivity contribution in [3.8, 4) is 0 Å². The van der Waals surface area contributed by atoms with Gasteiger partial charge in [0, 0.05) is 11.1 Å². The fraction of sp³-hybridized carbons (Fsp3) is 0.500. The Kier molecular flexibility index (Phi) is 3.44. The lowest BCUT2D eigenvalue weighted by Crippen LogP contribution is -2.21. The van der Waals surface area contributed by atoms with E-state index in [-0.39, 0.29) is 0 Å². The van der Waals surface area contributed by atoms with Gasteiger partial charge < -0.3 is 5.32 Å². The van der Waals surface area contributed by atoms with Gasteiger partial charge in [0.05, 0.1) is 0 Å². The van der Waals surface area contributed by atoms with Gasteiger partial charge in [-0.2, -0.15) is 0 Å². The summed E-state index contributed by atoms with van der Waals surface area (Å²) in [5.74, 6) is 0. The molecule has 76 valence electrons. The smallest absolute Gasteiger partial charge is 0.0408 e. The van der Waals surface area contributed by atoms with Gasteiger partial charge in [0.25, 0.3) is 0 Å². The van der Waals surface area contributed by atoms with Crippen LogP contribution in [0.3, 0.4) is 0 Å². The highest BCUT2D eigenvalue weighted by molar-refractivity contribution is 6.30. The number of halogens is 1. The maximum atomic E-state index is 5.92. The highest BCUT2D eigenvalue weighted by atomic mass is 35.5. The minimum absolute atomic E-state index is 0.731. The van der Waals surface area contributed by atoms with E-state index in [1.165, 1.54) is 31.4 Å². The third-order valence-corrected chi connectivity index (χ3v) is 3.07. The van der Waals surface area contributed by atoms with Crippen LogP contribution in [0.5, 0.6) is 0 Å². The van der Waals surface area contributed by atoms with Crippen LogP contribution in [0, 0.1) is 0 Å². The number of aryl methyl sites for hydroxylation is 1. The van der Waals surface area contributed by atoms with Gasteiger partial charge in [-0.05, 0) is 49.9 Å². The average molecular weight is 210 g/mol. The average Bonchev–Trinajstić information content (AvgIpc) is 2.67. The molecule has 1 aromatic carbocycles. The van der Waals surface area contributed by atoms with Crippen LogP contribution in [0.2, 0.25) is 5.02 Å². The maximum Gasteiger partial charge on any atom is 0.0408 e. The first-order valence-electron chi connectivity index (χ1n) is 5.32. The molecular weight excluding hydrogens is 194 g/mol. The molecule has 1 saturated heterocycles. The quantitative estimate of drug-likeness (QED) is 0.807. The molecular formula is C12H16ClN. The second kappa shape index (κ2) is 4.81. The molecule has 1 aliphatic rings. The molecule has 2 rings (SSSR count). The van der Waals surface area contributed by atoms with E-state index < -0.39 is 0 Å². The fourth-order valence-electron chi connectivity index (χ4n) is 2.04. The third kappa shape index (κ3) is 2.73. The number of benzene rings is 1. The molecule has 1 fully saturated rings. The van der Waals surface area contributed by atoms with E-state index in [1.807, 2.05) is 12.1 Å². The predicted octanol–water partition coefficient (Wildman–Crippen LogP) is 3.02. The van der Waals surface area contributed by atoms with Crippen molar-refractivity contribution in [1.82, 2.24) is 5.32 Å². The second-order valence-corrected chi connectivity index (χ2v) is 4.40. The van der Waals surface area contributed by atoms with Crippen molar-refractivity contribution >= 4 is 11.6 Å². The van der Waals surface area contributed by atoms with Crippen LogP contribution in [0.25, 0.3) is 0 Å². The Morgan fingerprint density at radius 2 is 2.36 bits per heavy atom. The third-order valence-electron chi connectivity index (χ3n) is 2.83. The zero-order valence-electron chi connectivity index (χ0n) is 8.30. The molecule has 0 bridgehead atoms. The molecule has 1 heterocycles. The minimum atomic E-state index is 0.731. The largest absolute Gasteiger partial charge is 0.314 e. The van der Waals surface area contributed by atoms with Crippen LogP contribution in [0.4, 0.5) is 0 Å². The standard InChI is InChI=1S/C12H16ClN/c13-11-4-1-3-10(9-11)6-7-12-5-2-8-14-12/h1,3-4,9,12,14H,2,5-8H2. The Bertz CT molecular complexity index is 292. The lowest BCUT2D eigenvalue weighted by atomic mass is 10.0. The van der Waals surface area contributed by atoms with Gasteiger partial charge in [0.2, 0.25) is 0 Å². The Hall–Kier alpha value is -0.530. The number of hydrogen-bond acceptors (Lipinski definition) is 1.